The van der Waals surface area contributed by atoms with Crippen molar-refractivity contribution < 1.29 is 6.22 Å². The number of nitrogens with zero attached hydrogens (tertiary/aromatic N) is 1. The molecule has 0 spiro atoms. The van der Waals surface area contributed by atoms with Gasteiger partial charge in [0.1, 0.15) is 0 Å². The summed E-state index contributed by atoms with van der Waals surface area (Å²) in [4.78, 5) is 14.1. The van der Waals surface area contributed by atoms with Crippen molar-refractivity contribution in [1.29, 1.82) is 0 Å². The standard InChI is InChI=1S/C13H26N2O.H2/c1-10(2)9-13(16)14-12-5-7-15(8-6-12)11(3)4;/h10-12H,5-9H2,1-4H3,(H,14,16);1H. The Hall–Kier alpha value is -0.570. The van der Waals surface area contributed by atoms with Gasteiger partial charge in [0.25, 0.3) is 0 Å². The molecular weight excluding hydrogens is 200 g/mol. The molecule has 0 atom stereocenters. The van der Waals surface area contributed by atoms with Gasteiger partial charge in [0.05, 0.1) is 0 Å². The zero-order valence-corrected chi connectivity index (χ0v) is 11.1. The van der Waals surface area contributed by atoms with Gasteiger partial charge >= 0.3 is 0 Å². The molecule has 1 heterocycles. The van der Waals surface area contributed by atoms with Crippen LogP contribution in [-0.4, -0.2) is 36.0 Å². The van der Waals surface area contributed by atoms with Crippen molar-refractivity contribution in [3.8, 4) is 0 Å². The van der Waals surface area contributed by atoms with Gasteiger partial charge in [-0.15, -0.1) is 0 Å². The van der Waals surface area contributed by atoms with Crippen molar-refractivity contribution in [3.05, 3.63) is 0 Å². The van der Waals surface area contributed by atoms with Crippen molar-refractivity contribution in [1.82, 2.24) is 10.2 Å². The predicted molar refractivity (Wildman–Crippen MR) is 69.4 cm³/mol. The number of carbonyl (C=O) groups excluding carboxylic acids is 1. The minimum absolute atomic E-state index is 0. The molecule has 0 unspecified atom stereocenters. The lowest BCUT2D eigenvalue weighted by Gasteiger charge is -2.34. The van der Waals surface area contributed by atoms with E-state index in [4.69, 9.17) is 0 Å². The minimum atomic E-state index is 0. The molecule has 0 saturated carbocycles. The predicted octanol–water partition coefficient (Wildman–Crippen LogP) is 2.27. The largest absolute Gasteiger partial charge is 0.353 e. The van der Waals surface area contributed by atoms with E-state index in [0.29, 0.717) is 24.4 Å². The monoisotopic (exact) mass is 228 g/mol. The number of piperidine rings is 1. The first-order valence-electron chi connectivity index (χ1n) is 6.52. The van der Waals surface area contributed by atoms with E-state index in [1.165, 1.54) is 0 Å². The van der Waals surface area contributed by atoms with E-state index >= 15 is 0 Å². The van der Waals surface area contributed by atoms with Gasteiger partial charge in [-0.25, -0.2) is 0 Å². The van der Waals surface area contributed by atoms with Crippen LogP contribution in [-0.2, 0) is 4.79 Å². The van der Waals surface area contributed by atoms with Crippen molar-refractivity contribution in [2.75, 3.05) is 13.1 Å². The number of nitrogens with one attached hydrogen (secondary N) is 1. The molecule has 1 aliphatic rings. The fourth-order valence-corrected chi connectivity index (χ4v) is 2.22. The Balaban J connectivity index is 0.00000256. The topological polar surface area (TPSA) is 32.3 Å². The Morgan fingerprint density at radius 3 is 2.31 bits per heavy atom. The number of rotatable bonds is 4. The molecule has 3 heteroatoms. The highest BCUT2D eigenvalue weighted by atomic mass is 16.1. The summed E-state index contributed by atoms with van der Waals surface area (Å²) >= 11 is 0. The molecule has 1 amide bonds. The molecule has 1 aliphatic heterocycles. The van der Waals surface area contributed by atoms with Crippen LogP contribution >= 0.6 is 0 Å². The normalized spacial score (nSPS) is 19.4. The molecule has 0 bridgehead atoms. The third-order valence-electron chi connectivity index (χ3n) is 3.22. The van der Waals surface area contributed by atoms with Crippen molar-refractivity contribution in [2.24, 2.45) is 5.92 Å². The summed E-state index contributed by atoms with van der Waals surface area (Å²) in [5, 5.41) is 3.14. The number of amides is 1. The van der Waals surface area contributed by atoms with Crippen LogP contribution < -0.4 is 5.32 Å². The van der Waals surface area contributed by atoms with Gasteiger partial charge in [-0.1, -0.05) is 13.8 Å². The van der Waals surface area contributed by atoms with E-state index in [1.54, 1.807) is 0 Å². The molecule has 1 N–H and O–H groups in total. The van der Waals surface area contributed by atoms with Crippen LogP contribution in [0.1, 0.15) is 48.4 Å². The van der Waals surface area contributed by atoms with Crippen LogP contribution in [0.25, 0.3) is 0 Å². The summed E-state index contributed by atoms with van der Waals surface area (Å²) in [7, 11) is 0. The van der Waals surface area contributed by atoms with E-state index in [1.807, 2.05) is 0 Å². The molecule has 0 aromatic carbocycles. The summed E-state index contributed by atoms with van der Waals surface area (Å²) in [6.45, 7) is 10.9. The number of carbonyl (C=O) groups is 1. The summed E-state index contributed by atoms with van der Waals surface area (Å²) < 4.78 is 0. The number of likely N-dealkylation sites (tertiary alicyclic amines) is 1. The van der Waals surface area contributed by atoms with Gasteiger partial charge in [0, 0.05) is 33.0 Å². The summed E-state index contributed by atoms with van der Waals surface area (Å²) in [5.41, 5.74) is 0. The molecule has 3 nitrogen and oxygen atoms in total. The fourth-order valence-electron chi connectivity index (χ4n) is 2.22. The van der Waals surface area contributed by atoms with E-state index < -0.39 is 0 Å². The molecule has 16 heavy (non-hydrogen) atoms. The average molecular weight is 228 g/mol. The highest BCUT2D eigenvalue weighted by Gasteiger charge is 2.21. The molecule has 0 aliphatic carbocycles. The SMILES string of the molecule is CC(C)CC(=O)NC1CCN(C(C)C)CC1.[HH]. The first kappa shape index (κ1) is 13.5. The smallest absolute Gasteiger partial charge is 0.220 e. The van der Waals surface area contributed by atoms with Gasteiger partial charge in [0.2, 0.25) is 5.91 Å². The maximum absolute atomic E-state index is 11.6. The van der Waals surface area contributed by atoms with Crippen LogP contribution in [0.2, 0.25) is 0 Å². The van der Waals surface area contributed by atoms with Gasteiger partial charge in [-0.3, -0.25) is 4.79 Å². The molecule has 0 radical (unpaired) electrons. The maximum Gasteiger partial charge on any atom is 0.220 e. The van der Waals surface area contributed by atoms with Crippen LogP contribution in [0.4, 0.5) is 0 Å². The second-order valence-corrected chi connectivity index (χ2v) is 5.57. The zero-order valence-electron chi connectivity index (χ0n) is 11.1. The highest BCUT2D eigenvalue weighted by molar-refractivity contribution is 5.76. The lowest BCUT2D eigenvalue weighted by atomic mass is 10.0. The van der Waals surface area contributed by atoms with Gasteiger partial charge in [-0.2, -0.15) is 0 Å². The highest BCUT2D eigenvalue weighted by Crippen LogP contribution is 2.13. The van der Waals surface area contributed by atoms with E-state index in [0.717, 1.165) is 25.9 Å². The van der Waals surface area contributed by atoms with Crippen LogP contribution in [0.15, 0.2) is 0 Å². The lowest BCUT2D eigenvalue weighted by Crippen LogP contribution is -2.46. The van der Waals surface area contributed by atoms with Crippen LogP contribution in [0.5, 0.6) is 0 Å². The van der Waals surface area contributed by atoms with Gasteiger partial charge in [0.15, 0.2) is 0 Å². The summed E-state index contributed by atoms with van der Waals surface area (Å²) in [5.74, 6) is 0.675. The Morgan fingerprint density at radius 1 is 1.31 bits per heavy atom. The summed E-state index contributed by atoms with van der Waals surface area (Å²) in [6, 6.07) is 1.04. The fraction of sp³-hybridized carbons (Fsp3) is 0.923. The van der Waals surface area contributed by atoms with Gasteiger partial charge in [-0.05, 0) is 32.6 Å². The maximum atomic E-state index is 11.6. The molecular formula is C13H28N2O. The Labute approximate surface area is 101 Å². The molecule has 96 valence electrons. The zero-order chi connectivity index (χ0) is 12.1. The Morgan fingerprint density at radius 2 is 1.88 bits per heavy atom. The van der Waals surface area contributed by atoms with Crippen molar-refractivity contribution in [2.45, 2.75) is 59.0 Å². The second-order valence-electron chi connectivity index (χ2n) is 5.57. The second kappa shape index (κ2) is 6.24. The van der Waals surface area contributed by atoms with E-state index in [9.17, 15) is 4.79 Å². The number of hydrogen-bond acceptors (Lipinski definition) is 2. The molecule has 1 rings (SSSR count). The molecule has 0 aromatic heterocycles. The van der Waals surface area contributed by atoms with E-state index in [2.05, 4.69) is 37.9 Å². The minimum Gasteiger partial charge on any atom is -0.353 e. The first-order valence-corrected chi connectivity index (χ1v) is 6.52. The lowest BCUT2D eigenvalue weighted by molar-refractivity contribution is -0.122. The molecule has 1 fully saturated rings. The molecule has 1 saturated heterocycles. The van der Waals surface area contributed by atoms with Crippen LogP contribution in [0.3, 0.4) is 0 Å². The third kappa shape index (κ3) is 4.52. The van der Waals surface area contributed by atoms with Crippen molar-refractivity contribution >= 4 is 5.91 Å². The average Bonchev–Trinajstić information content (AvgIpc) is 2.16. The first-order chi connectivity index (χ1) is 7.49. The summed E-state index contributed by atoms with van der Waals surface area (Å²) in [6.07, 6.45) is 2.86. The molecule has 0 aromatic rings. The van der Waals surface area contributed by atoms with E-state index in [-0.39, 0.29) is 7.33 Å². The number of hydrogen-bond donors (Lipinski definition) is 1. The van der Waals surface area contributed by atoms with Gasteiger partial charge < -0.3 is 10.2 Å². The third-order valence-corrected chi connectivity index (χ3v) is 3.22. The van der Waals surface area contributed by atoms with Crippen LogP contribution in [0, 0.1) is 5.92 Å². The Bertz CT molecular complexity index is 223. The Kier molecular flexibility index (Phi) is 5.26. The van der Waals surface area contributed by atoms with Crippen molar-refractivity contribution in [3.63, 3.8) is 0 Å². The quantitative estimate of drug-likeness (QED) is 0.800.